The van der Waals surface area contributed by atoms with Gasteiger partial charge in [0.15, 0.2) is 0 Å². The molecule has 0 aliphatic rings. The van der Waals surface area contributed by atoms with Crippen LogP contribution in [0.5, 0.6) is 0 Å². The van der Waals surface area contributed by atoms with E-state index >= 15 is 0 Å². The lowest BCUT2D eigenvalue weighted by atomic mass is 10.4. The lowest BCUT2D eigenvalue weighted by molar-refractivity contribution is 1.58. The van der Waals surface area contributed by atoms with Gasteiger partial charge in [0.1, 0.15) is 0 Å². The van der Waals surface area contributed by atoms with Crippen molar-refractivity contribution in [1.82, 2.24) is 0 Å². The predicted molar refractivity (Wildman–Crippen MR) is 78.3 cm³/mol. The van der Waals surface area contributed by atoms with Crippen LogP contribution in [0.4, 0.5) is 0 Å². The van der Waals surface area contributed by atoms with Crippen LogP contribution < -0.4 is 0 Å². The Hall–Kier alpha value is -0.100. The van der Waals surface area contributed by atoms with E-state index in [1.807, 2.05) is 48.5 Å². The molecule has 0 spiro atoms. The van der Waals surface area contributed by atoms with E-state index in [1.165, 1.54) is 7.14 Å². The van der Waals surface area contributed by atoms with Gasteiger partial charge in [-0.1, -0.05) is 48.5 Å². The molecule has 2 aromatic carbocycles. The second-order valence-electron chi connectivity index (χ2n) is 2.57. The van der Waals surface area contributed by atoms with Gasteiger partial charge in [-0.25, -0.2) is 0 Å². The Morgan fingerprint density at radius 3 is 1.00 bits per heavy atom. The van der Waals surface area contributed by atoms with Gasteiger partial charge in [0.05, 0.1) is 0 Å². The highest BCUT2D eigenvalue weighted by atomic mass is 127. The minimum atomic E-state index is 1.32. The van der Waals surface area contributed by atoms with Crippen LogP contribution in [-0.2, 0) is 0 Å². The van der Waals surface area contributed by atoms with Crippen molar-refractivity contribution in [1.29, 1.82) is 0 Å². The third-order valence-corrected chi connectivity index (χ3v) is 4.40. The number of benzene rings is 2. The molecule has 0 fully saturated rings. The van der Waals surface area contributed by atoms with Crippen molar-refractivity contribution in [2.75, 3.05) is 0 Å². The molecule has 2 rings (SSSR count). The minimum absolute atomic E-state index is 1.32. The van der Waals surface area contributed by atoms with Gasteiger partial charge in [0.25, 0.3) is 0 Å². The van der Waals surface area contributed by atoms with Crippen molar-refractivity contribution in [2.45, 2.75) is 0 Å². The summed E-state index contributed by atoms with van der Waals surface area (Å²) in [4.78, 5) is 0. The van der Waals surface area contributed by atoms with Crippen molar-refractivity contribution in [2.24, 2.45) is 0 Å². The maximum atomic E-state index is 2.32. The Labute approximate surface area is 112 Å². The highest BCUT2D eigenvalue weighted by Crippen LogP contribution is 2.12. The lowest BCUT2D eigenvalue weighted by Crippen LogP contribution is -1.73. The Morgan fingerprint density at radius 2 is 0.786 bits per heavy atom. The van der Waals surface area contributed by atoms with Crippen molar-refractivity contribution in [3.8, 4) is 0 Å². The maximum absolute atomic E-state index is 2.32. The van der Waals surface area contributed by atoms with Crippen molar-refractivity contribution < 1.29 is 0 Å². The average molecular weight is 408 g/mol. The molecule has 2 aromatic rings. The first kappa shape index (κ1) is 12.0. The molecule has 0 saturated carbocycles. The SMILES string of the molecule is Ic1ccccc1I.c1ccccc1. The fourth-order valence-electron chi connectivity index (χ4n) is 0.824. The Bertz CT molecular complexity index is 310. The van der Waals surface area contributed by atoms with E-state index in [0.29, 0.717) is 0 Å². The van der Waals surface area contributed by atoms with Crippen LogP contribution in [0.3, 0.4) is 0 Å². The summed E-state index contributed by atoms with van der Waals surface area (Å²) in [5, 5.41) is 0. The topological polar surface area (TPSA) is 0 Å². The normalized spacial score (nSPS) is 8.71. The standard InChI is InChI=1S/C6H4I2.C6H6/c7-5-3-1-2-4-6(5)8;1-2-4-6-5-3-1/h1-4H;1-6H. The highest BCUT2D eigenvalue weighted by molar-refractivity contribution is 14.1. The van der Waals surface area contributed by atoms with Crippen LogP contribution in [0.15, 0.2) is 60.7 Å². The van der Waals surface area contributed by atoms with Crippen LogP contribution >= 0.6 is 45.2 Å². The Kier molecular flexibility index (Phi) is 6.18. The summed E-state index contributed by atoms with van der Waals surface area (Å²) in [7, 11) is 0. The fourth-order valence-corrected chi connectivity index (χ4v) is 1.60. The number of halogens is 2. The monoisotopic (exact) mass is 408 g/mol. The van der Waals surface area contributed by atoms with Gasteiger partial charge in [0.2, 0.25) is 0 Å². The van der Waals surface area contributed by atoms with Gasteiger partial charge < -0.3 is 0 Å². The Morgan fingerprint density at radius 1 is 0.500 bits per heavy atom. The summed E-state index contributed by atoms with van der Waals surface area (Å²) < 4.78 is 2.65. The number of hydrogen-bond acceptors (Lipinski definition) is 0. The molecule has 0 amide bonds. The third kappa shape index (κ3) is 4.95. The van der Waals surface area contributed by atoms with Crippen LogP contribution in [0.1, 0.15) is 0 Å². The molecule has 0 saturated heterocycles. The van der Waals surface area contributed by atoms with Crippen molar-refractivity contribution in [3.63, 3.8) is 0 Å². The Balaban J connectivity index is 0.000000146. The molecular formula is C12H10I2. The van der Waals surface area contributed by atoms with Gasteiger partial charge in [-0.15, -0.1) is 0 Å². The molecule has 0 bridgehead atoms. The molecule has 0 aromatic heterocycles. The van der Waals surface area contributed by atoms with E-state index in [2.05, 4.69) is 57.3 Å². The summed E-state index contributed by atoms with van der Waals surface area (Å²) >= 11 is 4.63. The second-order valence-corrected chi connectivity index (χ2v) is 4.89. The molecule has 2 heteroatoms. The van der Waals surface area contributed by atoms with E-state index in [1.54, 1.807) is 0 Å². The smallest absolute Gasteiger partial charge is 0.0263 e. The quantitative estimate of drug-likeness (QED) is 0.560. The minimum Gasteiger partial charge on any atom is -0.0623 e. The van der Waals surface area contributed by atoms with Gasteiger partial charge in [-0.3, -0.25) is 0 Å². The van der Waals surface area contributed by atoms with Crippen molar-refractivity contribution in [3.05, 3.63) is 67.8 Å². The molecule has 0 heterocycles. The molecule has 0 aliphatic heterocycles. The molecular weight excluding hydrogens is 398 g/mol. The summed E-state index contributed by atoms with van der Waals surface area (Å²) in [6, 6.07) is 20.3. The van der Waals surface area contributed by atoms with E-state index in [9.17, 15) is 0 Å². The fraction of sp³-hybridized carbons (Fsp3) is 0. The zero-order chi connectivity index (χ0) is 10.2. The second kappa shape index (κ2) is 7.23. The molecule has 0 radical (unpaired) electrons. The van der Waals surface area contributed by atoms with Gasteiger partial charge in [-0.2, -0.15) is 0 Å². The summed E-state index contributed by atoms with van der Waals surface area (Å²) in [6.45, 7) is 0. The molecule has 72 valence electrons. The zero-order valence-corrected chi connectivity index (χ0v) is 11.8. The van der Waals surface area contributed by atoms with Gasteiger partial charge in [-0.05, 0) is 57.3 Å². The molecule has 0 nitrogen and oxygen atoms in total. The number of rotatable bonds is 0. The summed E-state index contributed by atoms with van der Waals surface area (Å²) in [5.74, 6) is 0. The molecule has 0 N–H and O–H groups in total. The van der Waals surface area contributed by atoms with Gasteiger partial charge >= 0.3 is 0 Å². The van der Waals surface area contributed by atoms with Crippen LogP contribution in [-0.4, -0.2) is 0 Å². The average Bonchev–Trinajstić information content (AvgIpc) is 2.26. The molecule has 0 aliphatic carbocycles. The van der Waals surface area contributed by atoms with E-state index in [0.717, 1.165) is 0 Å². The zero-order valence-electron chi connectivity index (χ0n) is 7.53. The predicted octanol–water partition coefficient (Wildman–Crippen LogP) is 4.58. The first-order valence-electron chi connectivity index (χ1n) is 4.21. The van der Waals surface area contributed by atoms with E-state index in [4.69, 9.17) is 0 Å². The van der Waals surface area contributed by atoms with E-state index < -0.39 is 0 Å². The van der Waals surface area contributed by atoms with Crippen LogP contribution in [0.2, 0.25) is 0 Å². The first-order valence-corrected chi connectivity index (χ1v) is 6.36. The largest absolute Gasteiger partial charge is 0.0623 e. The van der Waals surface area contributed by atoms with Gasteiger partial charge in [0, 0.05) is 7.14 Å². The number of hydrogen-bond donors (Lipinski definition) is 0. The molecule has 0 unspecified atom stereocenters. The summed E-state index contributed by atoms with van der Waals surface area (Å²) in [6.07, 6.45) is 0. The van der Waals surface area contributed by atoms with E-state index in [-0.39, 0.29) is 0 Å². The maximum Gasteiger partial charge on any atom is 0.0263 e. The molecule has 0 atom stereocenters. The third-order valence-electron chi connectivity index (χ3n) is 1.49. The summed E-state index contributed by atoms with van der Waals surface area (Å²) in [5.41, 5.74) is 0. The first-order chi connectivity index (χ1) is 6.80. The van der Waals surface area contributed by atoms with Crippen molar-refractivity contribution >= 4 is 45.2 Å². The van der Waals surface area contributed by atoms with Crippen LogP contribution in [0.25, 0.3) is 0 Å². The van der Waals surface area contributed by atoms with Crippen LogP contribution in [0, 0.1) is 7.14 Å². The lowest BCUT2D eigenvalue weighted by Gasteiger charge is -1.89. The molecule has 14 heavy (non-hydrogen) atoms. The highest BCUT2D eigenvalue weighted by Gasteiger charge is 1.87.